The van der Waals surface area contributed by atoms with Gasteiger partial charge in [0, 0.05) is 0 Å². The van der Waals surface area contributed by atoms with Gasteiger partial charge in [0.1, 0.15) is 0 Å². The summed E-state index contributed by atoms with van der Waals surface area (Å²) in [6, 6.07) is 5.09. The van der Waals surface area contributed by atoms with Crippen LogP contribution in [-0.4, -0.2) is 22.7 Å². The fourth-order valence-corrected chi connectivity index (χ4v) is 3.76. The summed E-state index contributed by atoms with van der Waals surface area (Å²) < 4.78 is 37.3. The molecule has 1 saturated heterocycles. The number of aliphatic hydroxyl groups excluding tert-OH is 1. The van der Waals surface area contributed by atoms with E-state index in [1.54, 1.807) is 0 Å². The minimum absolute atomic E-state index is 0.432. The van der Waals surface area contributed by atoms with Crippen LogP contribution >= 0.6 is 11.8 Å². The first-order valence-corrected chi connectivity index (χ1v) is 8.02. The lowest BCUT2D eigenvalue weighted by atomic mass is 9.92. The molecule has 0 aliphatic carbocycles. The van der Waals surface area contributed by atoms with E-state index in [0.717, 1.165) is 48.5 Å². The highest BCUT2D eigenvalue weighted by atomic mass is 32.2. The van der Waals surface area contributed by atoms with E-state index in [2.05, 4.69) is 0 Å². The Labute approximate surface area is 121 Å². The monoisotopic (exact) mass is 304 g/mol. The number of benzene rings is 1. The molecule has 0 radical (unpaired) electrons. The lowest BCUT2D eigenvalue weighted by Gasteiger charge is -2.23. The summed E-state index contributed by atoms with van der Waals surface area (Å²) >= 11 is 1.95. The van der Waals surface area contributed by atoms with Crippen molar-refractivity contribution in [2.75, 3.05) is 11.5 Å². The third-order valence-electron chi connectivity index (χ3n) is 3.70. The average Bonchev–Trinajstić information content (AvgIpc) is 2.39. The molecule has 1 aliphatic heterocycles. The van der Waals surface area contributed by atoms with Crippen molar-refractivity contribution in [2.45, 2.75) is 38.0 Å². The van der Waals surface area contributed by atoms with Gasteiger partial charge in [0.05, 0.1) is 11.7 Å². The average molecular weight is 304 g/mol. The zero-order valence-electron chi connectivity index (χ0n) is 11.2. The second-order valence-corrected chi connectivity index (χ2v) is 6.57. The molecule has 0 saturated carbocycles. The molecule has 1 aliphatic rings. The molecule has 1 aromatic carbocycles. The summed E-state index contributed by atoms with van der Waals surface area (Å²) in [4.78, 5) is 0. The minimum Gasteiger partial charge on any atom is -0.393 e. The highest BCUT2D eigenvalue weighted by molar-refractivity contribution is 7.99. The zero-order valence-corrected chi connectivity index (χ0v) is 12.0. The van der Waals surface area contributed by atoms with Crippen LogP contribution in [0.25, 0.3) is 0 Å². The van der Waals surface area contributed by atoms with Crippen LogP contribution in [0, 0.1) is 5.92 Å². The van der Waals surface area contributed by atoms with Gasteiger partial charge in [0.2, 0.25) is 0 Å². The van der Waals surface area contributed by atoms with E-state index in [4.69, 9.17) is 0 Å². The van der Waals surface area contributed by atoms with Gasteiger partial charge in [-0.1, -0.05) is 12.1 Å². The summed E-state index contributed by atoms with van der Waals surface area (Å²) in [5, 5.41) is 10.1. The third kappa shape index (κ3) is 4.70. The van der Waals surface area contributed by atoms with E-state index < -0.39 is 17.8 Å². The van der Waals surface area contributed by atoms with Gasteiger partial charge in [-0.05, 0) is 60.8 Å². The first kappa shape index (κ1) is 15.7. The van der Waals surface area contributed by atoms with Crippen molar-refractivity contribution >= 4 is 11.8 Å². The summed E-state index contributed by atoms with van der Waals surface area (Å²) in [6.07, 6.45) is -1.30. The van der Waals surface area contributed by atoms with Crippen molar-refractivity contribution in [1.82, 2.24) is 0 Å². The predicted molar refractivity (Wildman–Crippen MR) is 75.8 cm³/mol. The van der Waals surface area contributed by atoms with Crippen LogP contribution < -0.4 is 0 Å². The maximum absolute atomic E-state index is 12.4. The molecule has 20 heavy (non-hydrogen) atoms. The summed E-state index contributed by atoms with van der Waals surface area (Å²) in [7, 11) is 0. The smallest absolute Gasteiger partial charge is 0.393 e. The molecule has 0 bridgehead atoms. The molecule has 2 rings (SSSR count). The Morgan fingerprint density at radius 2 is 1.75 bits per heavy atom. The van der Waals surface area contributed by atoms with Crippen molar-refractivity contribution in [2.24, 2.45) is 5.92 Å². The van der Waals surface area contributed by atoms with Gasteiger partial charge in [0.25, 0.3) is 0 Å². The highest BCUT2D eigenvalue weighted by Gasteiger charge is 2.30. The molecule has 0 aromatic heterocycles. The largest absolute Gasteiger partial charge is 0.416 e. The first-order valence-electron chi connectivity index (χ1n) is 6.87. The minimum atomic E-state index is -4.29. The standard InChI is InChI=1S/C15H19F3OS/c16-15(17,18)13-3-1-11(2-4-13)9-14(19)10-12-5-7-20-8-6-12/h1-4,12,14,19H,5-10H2. The maximum atomic E-state index is 12.4. The van der Waals surface area contributed by atoms with Crippen LogP contribution in [-0.2, 0) is 12.6 Å². The number of thioether (sulfide) groups is 1. The van der Waals surface area contributed by atoms with E-state index >= 15 is 0 Å². The van der Waals surface area contributed by atoms with Crippen LogP contribution in [0.1, 0.15) is 30.4 Å². The lowest BCUT2D eigenvalue weighted by molar-refractivity contribution is -0.137. The molecule has 1 fully saturated rings. The Hall–Kier alpha value is -0.680. The normalized spacial score (nSPS) is 19.0. The van der Waals surface area contributed by atoms with E-state index in [-0.39, 0.29) is 0 Å². The highest BCUT2D eigenvalue weighted by Crippen LogP contribution is 2.30. The fraction of sp³-hybridized carbons (Fsp3) is 0.600. The molecule has 0 spiro atoms. The topological polar surface area (TPSA) is 20.2 Å². The zero-order chi connectivity index (χ0) is 14.6. The Balaban J connectivity index is 1.86. The molecule has 112 valence electrons. The second-order valence-electron chi connectivity index (χ2n) is 5.34. The first-order chi connectivity index (χ1) is 9.45. The van der Waals surface area contributed by atoms with Crippen molar-refractivity contribution in [3.63, 3.8) is 0 Å². The number of hydrogen-bond acceptors (Lipinski definition) is 2. The van der Waals surface area contributed by atoms with Crippen LogP contribution in [0.2, 0.25) is 0 Å². The van der Waals surface area contributed by atoms with Crippen molar-refractivity contribution in [3.05, 3.63) is 35.4 Å². The molecule has 1 unspecified atom stereocenters. The Bertz CT molecular complexity index is 410. The van der Waals surface area contributed by atoms with Crippen molar-refractivity contribution in [3.8, 4) is 0 Å². The van der Waals surface area contributed by atoms with Gasteiger partial charge in [-0.2, -0.15) is 24.9 Å². The summed E-state index contributed by atoms with van der Waals surface area (Å²) in [6.45, 7) is 0. The second kappa shape index (κ2) is 6.85. The van der Waals surface area contributed by atoms with Gasteiger partial charge in [-0.15, -0.1) is 0 Å². The summed E-state index contributed by atoms with van der Waals surface area (Å²) in [5.41, 5.74) is 0.121. The van der Waals surface area contributed by atoms with E-state index in [1.807, 2.05) is 11.8 Å². The van der Waals surface area contributed by atoms with Crippen LogP contribution in [0.5, 0.6) is 0 Å². The van der Waals surface area contributed by atoms with E-state index in [1.165, 1.54) is 12.1 Å². The van der Waals surface area contributed by atoms with Crippen LogP contribution in [0.15, 0.2) is 24.3 Å². The van der Waals surface area contributed by atoms with Crippen molar-refractivity contribution < 1.29 is 18.3 Å². The number of hydrogen-bond donors (Lipinski definition) is 1. The molecular weight excluding hydrogens is 285 g/mol. The fourth-order valence-electron chi connectivity index (χ4n) is 2.55. The van der Waals surface area contributed by atoms with E-state index in [0.29, 0.717) is 12.3 Å². The van der Waals surface area contributed by atoms with Gasteiger partial charge in [-0.3, -0.25) is 0 Å². The van der Waals surface area contributed by atoms with Gasteiger partial charge in [-0.25, -0.2) is 0 Å². The Morgan fingerprint density at radius 3 is 2.30 bits per heavy atom. The quantitative estimate of drug-likeness (QED) is 0.902. The molecule has 1 nitrogen and oxygen atoms in total. The summed E-state index contributed by atoms with van der Waals surface area (Å²) in [5.74, 6) is 2.86. The molecule has 1 N–H and O–H groups in total. The van der Waals surface area contributed by atoms with Gasteiger partial charge >= 0.3 is 6.18 Å². The lowest BCUT2D eigenvalue weighted by Crippen LogP contribution is -2.19. The molecule has 1 atom stereocenters. The SMILES string of the molecule is OC(Cc1ccc(C(F)(F)F)cc1)CC1CCSCC1. The number of aliphatic hydroxyl groups is 1. The third-order valence-corrected chi connectivity index (χ3v) is 4.75. The van der Waals surface area contributed by atoms with Crippen molar-refractivity contribution in [1.29, 1.82) is 0 Å². The van der Waals surface area contributed by atoms with Crippen LogP contribution in [0.3, 0.4) is 0 Å². The maximum Gasteiger partial charge on any atom is 0.416 e. The van der Waals surface area contributed by atoms with Gasteiger partial charge < -0.3 is 5.11 Å². The predicted octanol–water partition coefficient (Wildman–Crippen LogP) is 4.14. The molecule has 1 heterocycles. The Morgan fingerprint density at radius 1 is 1.15 bits per heavy atom. The molecule has 5 heteroatoms. The number of alkyl halides is 3. The molecule has 0 amide bonds. The Kier molecular flexibility index (Phi) is 5.38. The van der Waals surface area contributed by atoms with Gasteiger partial charge in [0.15, 0.2) is 0 Å². The van der Waals surface area contributed by atoms with Crippen LogP contribution in [0.4, 0.5) is 13.2 Å². The molecular formula is C15H19F3OS. The number of rotatable bonds is 4. The number of halogens is 3. The van der Waals surface area contributed by atoms with E-state index in [9.17, 15) is 18.3 Å². The molecule has 1 aromatic rings.